The quantitative estimate of drug-likeness (QED) is 0.667. The molecule has 1 rings (SSSR count). The summed E-state index contributed by atoms with van der Waals surface area (Å²) in [6.45, 7) is 3.59. The molecule has 0 spiro atoms. The van der Waals surface area contributed by atoms with E-state index in [0.717, 1.165) is 11.1 Å². The molecule has 1 aromatic carbocycles. The summed E-state index contributed by atoms with van der Waals surface area (Å²) in [5.41, 5.74) is 2.47. The van der Waals surface area contributed by atoms with Crippen LogP contribution in [-0.4, -0.2) is 16.2 Å². The van der Waals surface area contributed by atoms with Crippen LogP contribution in [0.1, 0.15) is 34.5 Å². The van der Waals surface area contributed by atoms with Crippen molar-refractivity contribution in [3.63, 3.8) is 0 Å². The molecular formula is C11H13BrO2. The zero-order chi connectivity index (χ0) is 10.7. The average Bonchev–Trinajstić information content (AvgIpc) is 2.16. The van der Waals surface area contributed by atoms with Gasteiger partial charge in [0.15, 0.2) is 5.78 Å². The number of hydrogen-bond acceptors (Lipinski definition) is 2. The lowest BCUT2D eigenvalue weighted by Crippen LogP contribution is -2.04. The molecule has 2 nitrogen and oxygen atoms in total. The van der Waals surface area contributed by atoms with Crippen molar-refractivity contribution in [2.24, 2.45) is 0 Å². The number of carbonyl (C=O) groups excluding carboxylic acids is 1. The minimum atomic E-state index is -0.484. The van der Waals surface area contributed by atoms with Gasteiger partial charge in [0, 0.05) is 5.56 Å². The van der Waals surface area contributed by atoms with E-state index in [2.05, 4.69) is 15.9 Å². The first kappa shape index (κ1) is 11.4. The van der Waals surface area contributed by atoms with Crippen molar-refractivity contribution in [1.29, 1.82) is 0 Å². The van der Waals surface area contributed by atoms with Crippen molar-refractivity contribution in [1.82, 2.24) is 0 Å². The van der Waals surface area contributed by atoms with Gasteiger partial charge in [-0.25, -0.2) is 0 Å². The molecule has 0 bridgehead atoms. The van der Waals surface area contributed by atoms with E-state index in [4.69, 9.17) is 0 Å². The van der Waals surface area contributed by atoms with E-state index in [0.29, 0.717) is 10.9 Å². The van der Waals surface area contributed by atoms with E-state index in [-0.39, 0.29) is 5.78 Å². The second-order valence-electron chi connectivity index (χ2n) is 3.31. The van der Waals surface area contributed by atoms with Gasteiger partial charge < -0.3 is 5.11 Å². The minimum Gasteiger partial charge on any atom is -0.389 e. The van der Waals surface area contributed by atoms with Gasteiger partial charge in [0.25, 0.3) is 0 Å². The van der Waals surface area contributed by atoms with Crippen LogP contribution in [0.5, 0.6) is 0 Å². The summed E-state index contributed by atoms with van der Waals surface area (Å²) in [5, 5.41) is 9.68. The number of aliphatic hydroxyl groups excluding tert-OH is 1. The molecule has 1 unspecified atom stereocenters. The average molecular weight is 257 g/mol. The van der Waals surface area contributed by atoms with Crippen LogP contribution in [0.15, 0.2) is 18.2 Å². The Labute approximate surface area is 92.1 Å². The summed E-state index contributed by atoms with van der Waals surface area (Å²) < 4.78 is 0. The third-order valence-corrected chi connectivity index (χ3v) is 2.66. The number of halogens is 1. The van der Waals surface area contributed by atoms with E-state index < -0.39 is 6.10 Å². The first-order chi connectivity index (χ1) is 6.56. The zero-order valence-corrected chi connectivity index (χ0v) is 9.84. The van der Waals surface area contributed by atoms with E-state index in [1.165, 1.54) is 0 Å². The van der Waals surface area contributed by atoms with Crippen molar-refractivity contribution in [3.8, 4) is 0 Å². The number of benzene rings is 1. The van der Waals surface area contributed by atoms with Crippen molar-refractivity contribution in [3.05, 3.63) is 34.9 Å². The van der Waals surface area contributed by atoms with Crippen molar-refractivity contribution in [2.75, 3.05) is 5.33 Å². The summed E-state index contributed by atoms with van der Waals surface area (Å²) in [6, 6.07) is 5.40. The number of aliphatic hydroxyl groups is 1. The first-order valence-electron chi connectivity index (χ1n) is 4.44. The van der Waals surface area contributed by atoms with Gasteiger partial charge >= 0.3 is 0 Å². The fraction of sp³-hybridized carbons (Fsp3) is 0.364. The highest BCUT2D eigenvalue weighted by molar-refractivity contribution is 9.09. The topological polar surface area (TPSA) is 37.3 Å². The van der Waals surface area contributed by atoms with Gasteiger partial charge in [-0.15, -0.1) is 0 Å². The molecule has 3 heteroatoms. The van der Waals surface area contributed by atoms with Crippen molar-refractivity contribution in [2.45, 2.75) is 20.0 Å². The Hall–Kier alpha value is -0.670. The molecule has 0 aliphatic carbocycles. The van der Waals surface area contributed by atoms with E-state index in [1.54, 1.807) is 19.1 Å². The summed E-state index contributed by atoms with van der Waals surface area (Å²) in [6.07, 6.45) is -0.484. The number of rotatable bonds is 3. The molecule has 0 aliphatic heterocycles. The maximum atomic E-state index is 11.4. The summed E-state index contributed by atoms with van der Waals surface area (Å²) >= 11 is 3.13. The van der Waals surface area contributed by atoms with Gasteiger partial charge in [-0.05, 0) is 25.0 Å². The van der Waals surface area contributed by atoms with Crippen LogP contribution in [0, 0.1) is 6.92 Å². The molecule has 0 aromatic heterocycles. The van der Waals surface area contributed by atoms with Crippen LogP contribution < -0.4 is 0 Å². The smallest absolute Gasteiger partial charge is 0.173 e. The first-order valence-corrected chi connectivity index (χ1v) is 5.56. The second-order valence-corrected chi connectivity index (χ2v) is 3.87. The van der Waals surface area contributed by atoms with E-state index in [9.17, 15) is 9.90 Å². The summed E-state index contributed by atoms with van der Waals surface area (Å²) in [4.78, 5) is 11.4. The molecular weight excluding hydrogens is 244 g/mol. The van der Waals surface area contributed by atoms with Gasteiger partial charge in [0.2, 0.25) is 0 Å². The lowest BCUT2D eigenvalue weighted by atomic mass is 10.0. The summed E-state index contributed by atoms with van der Waals surface area (Å²) in [5.74, 6) is 0.0691. The van der Waals surface area contributed by atoms with Crippen LogP contribution in [0.4, 0.5) is 0 Å². The Balaban J connectivity index is 3.07. The molecule has 0 heterocycles. The Morgan fingerprint density at radius 1 is 1.57 bits per heavy atom. The van der Waals surface area contributed by atoms with Crippen molar-refractivity contribution < 1.29 is 9.90 Å². The molecule has 76 valence electrons. The number of aryl methyl sites for hydroxylation is 1. The maximum Gasteiger partial charge on any atom is 0.173 e. The lowest BCUT2D eigenvalue weighted by molar-refractivity contribution is 0.102. The van der Waals surface area contributed by atoms with Crippen LogP contribution in [0.2, 0.25) is 0 Å². The monoisotopic (exact) mass is 256 g/mol. The Morgan fingerprint density at radius 3 is 2.64 bits per heavy atom. The molecule has 0 amide bonds. The Bertz CT molecular complexity index is 345. The number of alkyl halides is 1. The fourth-order valence-corrected chi connectivity index (χ4v) is 1.63. The van der Waals surface area contributed by atoms with Gasteiger partial charge in [-0.1, -0.05) is 34.1 Å². The van der Waals surface area contributed by atoms with E-state index in [1.807, 2.05) is 13.0 Å². The summed E-state index contributed by atoms with van der Waals surface area (Å²) in [7, 11) is 0. The van der Waals surface area contributed by atoms with E-state index >= 15 is 0 Å². The zero-order valence-electron chi connectivity index (χ0n) is 8.25. The normalized spacial score (nSPS) is 12.6. The molecule has 0 saturated heterocycles. The van der Waals surface area contributed by atoms with Gasteiger partial charge in [0.05, 0.1) is 11.4 Å². The second kappa shape index (κ2) is 4.71. The Morgan fingerprint density at radius 2 is 2.21 bits per heavy atom. The number of carbonyl (C=O) groups is 1. The van der Waals surface area contributed by atoms with Crippen LogP contribution in [0.3, 0.4) is 0 Å². The molecule has 0 radical (unpaired) electrons. The van der Waals surface area contributed by atoms with Crippen LogP contribution in [-0.2, 0) is 0 Å². The molecule has 0 aliphatic rings. The Kier molecular flexibility index (Phi) is 3.84. The number of ketones is 1. The van der Waals surface area contributed by atoms with Gasteiger partial charge in [-0.2, -0.15) is 0 Å². The third kappa shape index (κ3) is 2.42. The SMILES string of the molecule is Cc1cc(C(C)O)ccc1C(=O)CBr. The largest absolute Gasteiger partial charge is 0.389 e. The molecule has 0 saturated carbocycles. The molecule has 1 aromatic rings. The highest BCUT2D eigenvalue weighted by atomic mass is 79.9. The maximum absolute atomic E-state index is 11.4. The number of Topliss-reactive ketones (excluding diaryl/α,β-unsaturated/α-hetero) is 1. The number of hydrogen-bond donors (Lipinski definition) is 1. The predicted molar refractivity (Wildman–Crippen MR) is 59.9 cm³/mol. The molecule has 14 heavy (non-hydrogen) atoms. The van der Waals surface area contributed by atoms with Gasteiger partial charge in [-0.3, -0.25) is 4.79 Å². The molecule has 0 fully saturated rings. The standard InChI is InChI=1S/C11H13BrO2/c1-7-5-9(8(2)13)3-4-10(7)11(14)6-12/h3-5,8,13H,6H2,1-2H3. The third-order valence-electron chi connectivity index (χ3n) is 2.15. The highest BCUT2D eigenvalue weighted by Gasteiger charge is 2.09. The van der Waals surface area contributed by atoms with Crippen molar-refractivity contribution >= 4 is 21.7 Å². The minimum absolute atomic E-state index is 0.0691. The highest BCUT2D eigenvalue weighted by Crippen LogP contribution is 2.17. The fourth-order valence-electron chi connectivity index (χ4n) is 1.33. The predicted octanol–water partition coefficient (Wildman–Crippen LogP) is 2.63. The lowest BCUT2D eigenvalue weighted by Gasteiger charge is -2.08. The van der Waals surface area contributed by atoms with Gasteiger partial charge in [0.1, 0.15) is 0 Å². The molecule has 1 N–H and O–H groups in total. The molecule has 1 atom stereocenters. The van der Waals surface area contributed by atoms with Crippen LogP contribution >= 0.6 is 15.9 Å². The van der Waals surface area contributed by atoms with Crippen LogP contribution in [0.25, 0.3) is 0 Å².